The lowest BCUT2D eigenvalue weighted by atomic mass is 10.3. The van der Waals surface area contributed by atoms with E-state index in [0.29, 0.717) is 10.9 Å². The van der Waals surface area contributed by atoms with Crippen molar-refractivity contribution in [2.24, 2.45) is 0 Å². The Morgan fingerprint density at radius 3 is 2.59 bits per heavy atom. The molecule has 0 aliphatic heterocycles. The average molecular weight is 410 g/mol. The Morgan fingerprint density at radius 2 is 1.85 bits per heavy atom. The Hall–Kier alpha value is -2.52. The van der Waals surface area contributed by atoms with E-state index in [9.17, 15) is 13.2 Å². The second-order valence-electron chi connectivity index (χ2n) is 5.63. The van der Waals surface area contributed by atoms with Gasteiger partial charge in [0.2, 0.25) is 0 Å². The number of aromatic nitrogens is 5. The van der Waals surface area contributed by atoms with Crippen molar-refractivity contribution >= 4 is 29.0 Å². The number of halogens is 4. The van der Waals surface area contributed by atoms with Gasteiger partial charge in [0, 0.05) is 18.1 Å². The smallest absolute Gasteiger partial charge is 0.276 e. The predicted molar refractivity (Wildman–Crippen MR) is 96.1 cm³/mol. The van der Waals surface area contributed by atoms with Crippen molar-refractivity contribution in [1.82, 2.24) is 24.4 Å². The van der Waals surface area contributed by atoms with Gasteiger partial charge >= 0.3 is 6.18 Å². The van der Waals surface area contributed by atoms with Gasteiger partial charge in [-0.05, 0) is 24.3 Å². The number of hydrogen-bond acceptors (Lipinski definition) is 4. The van der Waals surface area contributed by atoms with Crippen LogP contribution in [0.3, 0.4) is 0 Å². The number of alkyl halides is 3. The van der Waals surface area contributed by atoms with E-state index in [1.165, 1.54) is 16.2 Å². The first-order valence-electron chi connectivity index (χ1n) is 7.76. The minimum absolute atomic E-state index is 0.0995. The summed E-state index contributed by atoms with van der Waals surface area (Å²) in [7, 11) is 0. The van der Waals surface area contributed by atoms with Crippen LogP contribution in [0.2, 0.25) is 5.02 Å². The van der Waals surface area contributed by atoms with Crippen LogP contribution in [-0.4, -0.2) is 24.4 Å². The standard InChI is InChI=1S/C17H11ClF3N5S/c18-14-8-11(17(19,20)21)9-25-15(14)22-23-16(25)27-10-12-6-7-26(24-12)13-4-2-1-3-5-13/h1-9H,10H2. The summed E-state index contributed by atoms with van der Waals surface area (Å²) in [6, 6.07) is 12.3. The molecule has 27 heavy (non-hydrogen) atoms. The summed E-state index contributed by atoms with van der Waals surface area (Å²) in [5, 5.41) is 12.5. The third kappa shape index (κ3) is 3.65. The van der Waals surface area contributed by atoms with Crippen LogP contribution in [0.25, 0.3) is 11.3 Å². The van der Waals surface area contributed by atoms with Crippen LogP contribution < -0.4 is 0 Å². The van der Waals surface area contributed by atoms with E-state index in [-0.39, 0.29) is 10.7 Å². The maximum Gasteiger partial charge on any atom is 0.417 e. The number of nitrogens with zero attached hydrogens (tertiary/aromatic N) is 5. The number of hydrogen-bond donors (Lipinski definition) is 0. The largest absolute Gasteiger partial charge is 0.417 e. The topological polar surface area (TPSA) is 48.0 Å². The normalized spacial score (nSPS) is 12.0. The number of fused-ring (bicyclic) bond motifs is 1. The summed E-state index contributed by atoms with van der Waals surface area (Å²) in [5.41, 5.74) is 1.01. The molecule has 3 heterocycles. The maximum absolute atomic E-state index is 13.0. The minimum Gasteiger partial charge on any atom is -0.276 e. The monoisotopic (exact) mass is 409 g/mol. The van der Waals surface area contributed by atoms with Crippen molar-refractivity contribution in [2.45, 2.75) is 17.1 Å². The number of pyridine rings is 1. The molecule has 4 aromatic rings. The lowest BCUT2D eigenvalue weighted by molar-refractivity contribution is -0.137. The summed E-state index contributed by atoms with van der Waals surface area (Å²) in [6.07, 6.45) is -1.73. The van der Waals surface area contributed by atoms with E-state index in [4.69, 9.17) is 11.6 Å². The fraction of sp³-hybridized carbons (Fsp3) is 0.118. The molecule has 0 N–H and O–H groups in total. The van der Waals surface area contributed by atoms with Gasteiger partial charge in [0.1, 0.15) is 0 Å². The van der Waals surface area contributed by atoms with Crippen LogP contribution in [0.1, 0.15) is 11.3 Å². The molecule has 138 valence electrons. The molecule has 0 aliphatic carbocycles. The average Bonchev–Trinajstić information content (AvgIpc) is 3.27. The molecule has 0 amide bonds. The van der Waals surface area contributed by atoms with Gasteiger partial charge in [-0.15, -0.1) is 10.2 Å². The molecule has 0 saturated heterocycles. The highest BCUT2D eigenvalue weighted by Crippen LogP contribution is 2.33. The first kappa shape index (κ1) is 17.9. The molecule has 3 aromatic heterocycles. The number of para-hydroxylation sites is 1. The van der Waals surface area contributed by atoms with Gasteiger partial charge in [-0.3, -0.25) is 4.40 Å². The van der Waals surface area contributed by atoms with Crippen molar-refractivity contribution < 1.29 is 13.2 Å². The molecule has 0 unspecified atom stereocenters. The lowest BCUT2D eigenvalue weighted by Gasteiger charge is -2.08. The highest BCUT2D eigenvalue weighted by molar-refractivity contribution is 7.98. The van der Waals surface area contributed by atoms with Crippen molar-refractivity contribution in [1.29, 1.82) is 0 Å². The van der Waals surface area contributed by atoms with E-state index in [0.717, 1.165) is 23.6 Å². The van der Waals surface area contributed by atoms with Crippen molar-refractivity contribution in [3.63, 3.8) is 0 Å². The van der Waals surface area contributed by atoms with Gasteiger partial charge in [0.25, 0.3) is 0 Å². The molecule has 0 aliphatic rings. The van der Waals surface area contributed by atoms with Gasteiger partial charge in [-0.25, -0.2) is 4.68 Å². The van der Waals surface area contributed by atoms with E-state index >= 15 is 0 Å². The molecule has 10 heteroatoms. The molecule has 0 saturated carbocycles. The zero-order valence-electron chi connectivity index (χ0n) is 13.6. The molecule has 0 bridgehead atoms. The van der Waals surface area contributed by atoms with Crippen molar-refractivity contribution in [2.75, 3.05) is 0 Å². The van der Waals surface area contributed by atoms with E-state index in [2.05, 4.69) is 15.3 Å². The van der Waals surface area contributed by atoms with Crippen LogP contribution in [0.4, 0.5) is 13.2 Å². The summed E-state index contributed by atoms with van der Waals surface area (Å²) in [5.74, 6) is 0.425. The second-order valence-corrected chi connectivity index (χ2v) is 6.98. The zero-order chi connectivity index (χ0) is 19.0. The molecule has 0 spiro atoms. The lowest BCUT2D eigenvalue weighted by Crippen LogP contribution is -2.07. The molecule has 1 aromatic carbocycles. The molecule has 4 rings (SSSR count). The summed E-state index contributed by atoms with van der Waals surface area (Å²) in [6.45, 7) is 0. The van der Waals surface area contributed by atoms with Gasteiger partial charge < -0.3 is 0 Å². The Labute approximate surface area is 160 Å². The minimum atomic E-state index is -4.50. The molecule has 5 nitrogen and oxygen atoms in total. The number of benzene rings is 1. The Morgan fingerprint density at radius 1 is 1.07 bits per heavy atom. The van der Waals surface area contributed by atoms with Gasteiger partial charge in [0.15, 0.2) is 10.8 Å². The van der Waals surface area contributed by atoms with Crippen LogP contribution in [0.15, 0.2) is 60.0 Å². The second kappa shape index (κ2) is 6.90. The molecular weight excluding hydrogens is 399 g/mol. The zero-order valence-corrected chi connectivity index (χ0v) is 15.1. The third-order valence-corrected chi connectivity index (χ3v) is 5.02. The Balaban J connectivity index is 1.58. The maximum atomic E-state index is 13.0. The highest BCUT2D eigenvalue weighted by Gasteiger charge is 2.32. The Kier molecular flexibility index (Phi) is 4.56. The van der Waals surface area contributed by atoms with Gasteiger partial charge in [-0.1, -0.05) is 41.6 Å². The van der Waals surface area contributed by atoms with Crippen molar-refractivity contribution in [3.05, 3.63) is 71.1 Å². The third-order valence-electron chi connectivity index (χ3n) is 3.77. The number of rotatable bonds is 4. The van der Waals surface area contributed by atoms with Crippen LogP contribution in [-0.2, 0) is 11.9 Å². The highest BCUT2D eigenvalue weighted by atomic mass is 35.5. The van der Waals surface area contributed by atoms with Crippen LogP contribution in [0.5, 0.6) is 0 Å². The van der Waals surface area contributed by atoms with E-state index in [1.807, 2.05) is 42.6 Å². The Bertz CT molecular complexity index is 1090. The fourth-order valence-electron chi connectivity index (χ4n) is 2.49. The fourth-order valence-corrected chi connectivity index (χ4v) is 3.54. The summed E-state index contributed by atoms with van der Waals surface area (Å²) >= 11 is 7.16. The summed E-state index contributed by atoms with van der Waals surface area (Å²) < 4.78 is 42.0. The summed E-state index contributed by atoms with van der Waals surface area (Å²) in [4.78, 5) is 0. The van der Waals surface area contributed by atoms with Crippen LogP contribution in [0, 0.1) is 0 Å². The first-order valence-corrected chi connectivity index (χ1v) is 9.12. The molecule has 0 fully saturated rings. The van der Waals surface area contributed by atoms with Gasteiger partial charge in [-0.2, -0.15) is 18.3 Å². The molecule has 0 atom stereocenters. The SMILES string of the molecule is FC(F)(F)c1cc(Cl)c2nnc(SCc3ccn(-c4ccccc4)n3)n2c1. The molecular formula is C17H11ClF3N5S. The van der Waals surface area contributed by atoms with E-state index in [1.54, 1.807) is 4.68 Å². The molecule has 0 radical (unpaired) electrons. The number of thioether (sulfide) groups is 1. The first-order chi connectivity index (χ1) is 12.9. The van der Waals surface area contributed by atoms with Crippen LogP contribution >= 0.6 is 23.4 Å². The quantitative estimate of drug-likeness (QED) is 0.451. The predicted octanol–water partition coefficient (Wildman–Crippen LogP) is 4.88. The van der Waals surface area contributed by atoms with E-state index < -0.39 is 11.7 Å². The van der Waals surface area contributed by atoms with Gasteiger partial charge in [0.05, 0.1) is 22.0 Å². The van der Waals surface area contributed by atoms with Crippen molar-refractivity contribution in [3.8, 4) is 5.69 Å².